The zero-order chi connectivity index (χ0) is 13.7. The van der Waals surface area contributed by atoms with Crippen LogP contribution >= 0.6 is 11.8 Å². The normalized spacial score (nSPS) is 25.1. The molecule has 2 aliphatic heterocycles. The van der Waals surface area contributed by atoms with Crippen LogP contribution in [0.15, 0.2) is 0 Å². The molecule has 0 aromatic carbocycles. The first-order chi connectivity index (χ1) is 9.07. The Bertz CT molecular complexity index is 303. The molecule has 0 radical (unpaired) electrons. The quantitative estimate of drug-likeness (QED) is 0.840. The first-order valence-electron chi connectivity index (χ1n) is 7.42. The molecule has 0 aromatic heterocycles. The van der Waals surface area contributed by atoms with Crippen LogP contribution < -0.4 is 5.32 Å². The van der Waals surface area contributed by atoms with Crippen LogP contribution in [-0.4, -0.2) is 72.0 Å². The highest BCUT2D eigenvalue weighted by atomic mass is 32.2. The Kier molecular flexibility index (Phi) is 5.54. The molecule has 1 N–H and O–H groups in total. The summed E-state index contributed by atoms with van der Waals surface area (Å²) in [5.74, 6) is 1.52. The summed E-state index contributed by atoms with van der Waals surface area (Å²) >= 11 is 2.06. The molecule has 0 aromatic rings. The second-order valence-electron chi connectivity index (χ2n) is 6.08. The van der Waals surface area contributed by atoms with Gasteiger partial charge < -0.3 is 15.1 Å². The Morgan fingerprint density at radius 2 is 1.95 bits per heavy atom. The van der Waals surface area contributed by atoms with E-state index < -0.39 is 0 Å². The zero-order valence-corrected chi connectivity index (χ0v) is 13.1. The summed E-state index contributed by atoms with van der Waals surface area (Å²) in [6.07, 6.45) is 1.91. The molecule has 2 rings (SSSR count). The van der Waals surface area contributed by atoms with E-state index in [9.17, 15) is 4.79 Å². The summed E-state index contributed by atoms with van der Waals surface area (Å²) in [6.45, 7) is 11.5. The van der Waals surface area contributed by atoms with Crippen LogP contribution in [0, 0.1) is 0 Å². The first-order valence-corrected chi connectivity index (χ1v) is 8.40. The van der Waals surface area contributed by atoms with Gasteiger partial charge in [-0.1, -0.05) is 13.8 Å². The maximum atomic E-state index is 12.1. The van der Waals surface area contributed by atoms with Crippen molar-refractivity contribution in [2.24, 2.45) is 0 Å². The van der Waals surface area contributed by atoms with E-state index in [4.69, 9.17) is 0 Å². The minimum absolute atomic E-state index is 0.331. The molecule has 2 heterocycles. The van der Waals surface area contributed by atoms with E-state index in [0.717, 1.165) is 45.8 Å². The third-order valence-electron chi connectivity index (χ3n) is 4.04. The lowest BCUT2D eigenvalue weighted by molar-refractivity contribution is -0.132. The van der Waals surface area contributed by atoms with E-state index in [2.05, 4.69) is 35.8 Å². The molecule has 5 heteroatoms. The molecule has 0 bridgehead atoms. The van der Waals surface area contributed by atoms with E-state index in [1.807, 2.05) is 4.90 Å². The molecule has 4 nitrogen and oxygen atoms in total. The van der Waals surface area contributed by atoms with Crippen molar-refractivity contribution in [3.05, 3.63) is 0 Å². The number of piperazine rings is 1. The number of carbonyl (C=O) groups is 1. The van der Waals surface area contributed by atoms with Gasteiger partial charge >= 0.3 is 0 Å². The zero-order valence-electron chi connectivity index (χ0n) is 12.3. The minimum Gasteiger partial charge on any atom is -0.340 e. The van der Waals surface area contributed by atoms with Crippen molar-refractivity contribution in [3.8, 4) is 0 Å². The number of amides is 1. The molecule has 2 aliphatic rings. The van der Waals surface area contributed by atoms with Crippen LogP contribution in [-0.2, 0) is 4.79 Å². The molecule has 0 atom stereocenters. The topological polar surface area (TPSA) is 35.6 Å². The standard InChI is InChI=1S/C14H27N3OS/c1-14(2)4-8-16(11-12-19-14)7-3-13(18)17-9-5-15-6-10-17/h15H,3-12H2,1-2H3. The number of carbonyl (C=O) groups excluding carboxylic acids is 1. The van der Waals surface area contributed by atoms with E-state index in [1.165, 1.54) is 12.2 Å². The minimum atomic E-state index is 0.331. The molecule has 0 saturated carbocycles. The van der Waals surface area contributed by atoms with Crippen LogP contribution in [0.4, 0.5) is 0 Å². The van der Waals surface area contributed by atoms with Crippen molar-refractivity contribution in [1.82, 2.24) is 15.1 Å². The summed E-state index contributed by atoms with van der Waals surface area (Å²) in [6, 6.07) is 0. The molecule has 0 spiro atoms. The van der Waals surface area contributed by atoms with Gasteiger partial charge in [-0.3, -0.25) is 4.79 Å². The van der Waals surface area contributed by atoms with Crippen molar-refractivity contribution in [2.45, 2.75) is 31.4 Å². The third kappa shape index (κ3) is 4.97. The number of nitrogens with one attached hydrogen (secondary N) is 1. The van der Waals surface area contributed by atoms with Gasteiger partial charge in [0.1, 0.15) is 0 Å². The highest BCUT2D eigenvalue weighted by Crippen LogP contribution is 2.30. The average molecular weight is 285 g/mol. The Morgan fingerprint density at radius 1 is 1.21 bits per heavy atom. The maximum Gasteiger partial charge on any atom is 0.223 e. The number of hydrogen-bond donors (Lipinski definition) is 1. The van der Waals surface area contributed by atoms with Gasteiger partial charge in [-0.05, 0) is 13.0 Å². The monoisotopic (exact) mass is 285 g/mol. The Morgan fingerprint density at radius 3 is 2.68 bits per heavy atom. The SMILES string of the molecule is CC1(C)CCN(CCC(=O)N2CCNCC2)CCS1. The van der Waals surface area contributed by atoms with E-state index in [-0.39, 0.29) is 0 Å². The molecule has 2 saturated heterocycles. The fourth-order valence-corrected chi connectivity index (χ4v) is 3.75. The molecule has 110 valence electrons. The first kappa shape index (κ1) is 15.1. The van der Waals surface area contributed by atoms with E-state index in [1.54, 1.807) is 0 Å². The Labute approximate surface area is 121 Å². The predicted octanol–water partition coefficient (Wildman–Crippen LogP) is 1.03. The summed E-state index contributed by atoms with van der Waals surface area (Å²) in [5, 5.41) is 3.29. The molecule has 0 aliphatic carbocycles. The van der Waals surface area contributed by atoms with Crippen LogP contribution in [0.3, 0.4) is 0 Å². The van der Waals surface area contributed by atoms with Gasteiger partial charge in [0.25, 0.3) is 0 Å². The summed E-state index contributed by atoms with van der Waals surface area (Å²) in [4.78, 5) is 16.6. The van der Waals surface area contributed by atoms with Gasteiger partial charge in [-0.2, -0.15) is 11.8 Å². The van der Waals surface area contributed by atoms with Crippen molar-refractivity contribution in [2.75, 3.05) is 51.6 Å². The number of thioether (sulfide) groups is 1. The number of nitrogens with zero attached hydrogens (tertiary/aromatic N) is 2. The second kappa shape index (κ2) is 6.95. The second-order valence-corrected chi connectivity index (χ2v) is 7.88. The van der Waals surface area contributed by atoms with Crippen molar-refractivity contribution >= 4 is 17.7 Å². The number of hydrogen-bond acceptors (Lipinski definition) is 4. The molecule has 2 fully saturated rings. The number of rotatable bonds is 3. The molecular weight excluding hydrogens is 258 g/mol. The Balaban J connectivity index is 1.71. The summed E-state index contributed by atoms with van der Waals surface area (Å²) in [5.41, 5.74) is 0. The van der Waals surface area contributed by atoms with Gasteiger partial charge in [0.15, 0.2) is 0 Å². The van der Waals surface area contributed by atoms with Gasteiger partial charge in [-0.25, -0.2) is 0 Å². The lowest BCUT2D eigenvalue weighted by Gasteiger charge is -2.28. The van der Waals surface area contributed by atoms with Crippen LogP contribution in [0.25, 0.3) is 0 Å². The van der Waals surface area contributed by atoms with Crippen molar-refractivity contribution < 1.29 is 4.79 Å². The highest BCUT2D eigenvalue weighted by molar-refractivity contribution is 8.00. The molecule has 19 heavy (non-hydrogen) atoms. The van der Waals surface area contributed by atoms with Crippen LogP contribution in [0.1, 0.15) is 26.7 Å². The average Bonchev–Trinajstić information content (AvgIpc) is 2.58. The summed E-state index contributed by atoms with van der Waals surface area (Å²) < 4.78 is 0.400. The highest BCUT2D eigenvalue weighted by Gasteiger charge is 2.24. The van der Waals surface area contributed by atoms with Crippen molar-refractivity contribution in [3.63, 3.8) is 0 Å². The largest absolute Gasteiger partial charge is 0.340 e. The van der Waals surface area contributed by atoms with E-state index >= 15 is 0 Å². The fraction of sp³-hybridized carbons (Fsp3) is 0.929. The Hall–Kier alpha value is -0.260. The predicted molar refractivity (Wildman–Crippen MR) is 81.7 cm³/mol. The maximum absolute atomic E-state index is 12.1. The fourth-order valence-electron chi connectivity index (χ4n) is 2.61. The van der Waals surface area contributed by atoms with Crippen molar-refractivity contribution in [1.29, 1.82) is 0 Å². The van der Waals surface area contributed by atoms with E-state index in [0.29, 0.717) is 17.1 Å². The van der Waals surface area contributed by atoms with Crippen LogP contribution in [0.5, 0.6) is 0 Å². The van der Waals surface area contributed by atoms with Gasteiger partial charge in [0.2, 0.25) is 5.91 Å². The third-order valence-corrected chi connectivity index (χ3v) is 5.41. The van der Waals surface area contributed by atoms with Gasteiger partial charge in [-0.15, -0.1) is 0 Å². The van der Waals surface area contributed by atoms with Crippen LogP contribution in [0.2, 0.25) is 0 Å². The van der Waals surface area contributed by atoms with Gasteiger partial charge in [0, 0.05) is 56.2 Å². The molecule has 1 amide bonds. The lowest BCUT2D eigenvalue weighted by atomic mass is 10.1. The molecular formula is C14H27N3OS. The van der Waals surface area contributed by atoms with Gasteiger partial charge in [0.05, 0.1) is 0 Å². The smallest absolute Gasteiger partial charge is 0.223 e. The molecule has 0 unspecified atom stereocenters. The summed E-state index contributed by atoms with van der Waals surface area (Å²) in [7, 11) is 0. The lowest BCUT2D eigenvalue weighted by Crippen LogP contribution is -2.47.